The number of aliphatic hydroxyl groups excluding tert-OH is 1. The zero-order chi connectivity index (χ0) is 13.3. The summed E-state index contributed by atoms with van der Waals surface area (Å²) in [4.78, 5) is 0. The van der Waals surface area contributed by atoms with E-state index in [2.05, 4.69) is 0 Å². The van der Waals surface area contributed by atoms with Crippen molar-refractivity contribution < 1.29 is 13.9 Å². The minimum Gasteiger partial charge on any atom is -0.383 e. The van der Waals surface area contributed by atoms with Crippen LogP contribution in [0.25, 0.3) is 0 Å². The van der Waals surface area contributed by atoms with Gasteiger partial charge in [-0.1, -0.05) is 29.3 Å². The number of halogens is 4. The largest absolute Gasteiger partial charge is 0.383 e. The fraction of sp³-hybridized carbons (Fsp3) is 0.0769. The second kappa shape index (κ2) is 5.22. The van der Waals surface area contributed by atoms with E-state index >= 15 is 0 Å². The Morgan fingerprint density at radius 3 is 2.33 bits per heavy atom. The summed E-state index contributed by atoms with van der Waals surface area (Å²) < 4.78 is 26.6. The second-order valence-corrected chi connectivity index (χ2v) is 4.58. The molecule has 0 aliphatic rings. The predicted octanol–water partition coefficient (Wildman–Crippen LogP) is 4.35. The molecule has 0 aliphatic carbocycles. The Bertz CT molecular complexity index is 587. The summed E-state index contributed by atoms with van der Waals surface area (Å²) >= 11 is 11.6. The van der Waals surface area contributed by atoms with Crippen LogP contribution in [-0.2, 0) is 0 Å². The SMILES string of the molecule is OC(c1cc(F)ccc1F)c1ccc(Cl)cc1Cl. The van der Waals surface area contributed by atoms with E-state index in [1.165, 1.54) is 18.2 Å². The molecule has 0 saturated heterocycles. The van der Waals surface area contributed by atoms with Gasteiger partial charge in [-0.25, -0.2) is 8.78 Å². The predicted molar refractivity (Wildman–Crippen MR) is 66.9 cm³/mol. The third-order valence-corrected chi connectivity index (χ3v) is 3.07. The molecule has 0 aliphatic heterocycles. The van der Waals surface area contributed by atoms with Crippen LogP contribution in [0.15, 0.2) is 36.4 Å². The van der Waals surface area contributed by atoms with Gasteiger partial charge in [0.2, 0.25) is 0 Å². The Morgan fingerprint density at radius 1 is 0.944 bits per heavy atom. The van der Waals surface area contributed by atoms with Gasteiger partial charge in [0.25, 0.3) is 0 Å². The summed E-state index contributed by atoms with van der Waals surface area (Å²) in [5.74, 6) is -1.33. The van der Waals surface area contributed by atoms with Crippen LogP contribution in [0.4, 0.5) is 8.78 Å². The molecule has 1 unspecified atom stereocenters. The van der Waals surface area contributed by atoms with Crippen molar-refractivity contribution in [2.45, 2.75) is 6.10 Å². The topological polar surface area (TPSA) is 20.2 Å². The molecule has 0 heterocycles. The van der Waals surface area contributed by atoms with E-state index in [9.17, 15) is 13.9 Å². The highest BCUT2D eigenvalue weighted by atomic mass is 35.5. The zero-order valence-electron chi connectivity index (χ0n) is 9.00. The number of aliphatic hydroxyl groups is 1. The highest BCUT2D eigenvalue weighted by Gasteiger charge is 2.18. The van der Waals surface area contributed by atoms with Gasteiger partial charge in [0.05, 0.1) is 0 Å². The van der Waals surface area contributed by atoms with Gasteiger partial charge in [-0.3, -0.25) is 0 Å². The molecule has 1 atom stereocenters. The van der Waals surface area contributed by atoms with Crippen molar-refractivity contribution >= 4 is 23.2 Å². The highest BCUT2D eigenvalue weighted by molar-refractivity contribution is 6.35. The van der Waals surface area contributed by atoms with Gasteiger partial charge in [0, 0.05) is 21.2 Å². The molecule has 18 heavy (non-hydrogen) atoms. The summed E-state index contributed by atoms with van der Waals surface area (Å²) in [5, 5.41) is 10.6. The van der Waals surface area contributed by atoms with Crippen LogP contribution < -0.4 is 0 Å². The third-order valence-electron chi connectivity index (χ3n) is 2.51. The monoisotopic (exact) mass is 288 g/mol. The van der Waals surface area contributed by atoms with Crippen LogP contribution in [0.5, 0.6) is 0 Å². The van der Waals surface area contributed by atoms with E-state index in [0.717, 1.165) is 18.2 Å². The van der Waals surface area contributed by atoms with Gasteiger partial charge in [-0.15, -0.1) is 0 Å². The summed E-state index contributed by atoms with van der Waals surface area (Å²) in [7, 11) is 0. The highest BCUT2D eigenvalue weighted by Crippen LogP contribution is 2.31. The smallest absolute Gasteiger partial charge is 0.129 e. The van der Waals surface area contributed by atoms with Gasteiger partial charge >= 0.3 is 0 Å². The van der Waals surface area contributed by atoms with Gasteiger partial charge in [-0.2, -0.15) is 0 Å². The van der Waals surface area contributed by atoms with Crippen molar-refractivity contribution in [2.24, 2.45) is 0 Å². The van der Waals surface area contributed by atoms with E-state index in [4.69, 9.17) is 23.2 Å². The first kappa shape index (κ1) is 13.3. The van der Waals surface area contributed by atoms with Crippen LogP contribution in [0.1, 0.15) is 17.2 Å². The number of benzene rings is 2. The fourth-order valence-corrected chi connectivity index (χ4v) is 2.13. The minimum atomic E-state index is -1.34. The molecule has 2 aromatic rings. The molecule has 5 heteroatoms. The summed E-state index contributed by atoms with van der Waals surface area (Å²) in [5.41, 5.74) is 0.102. The number of rotatable bonds is 2. The van der Waals surface area contributed by atoms with Crippen LogP contribution in [0, 0.1) is 11.6 Å². The fourth-order valence-electron chi connectivity index (χ4n) is 1.61. The lowest BCUT2D eigenvalue weighted by Crippen LogP contribution is -2.04. The maximum atomic E-state index is 13.5. The molecule has 0 spiro atoms. The average molecular weight is 289 g/mol. The van der Waals surface area contributed by atoms with Gasteiger partial charge in [-0.05, 0) is 30.3 Å². The molecule has 2 aromatic carbocycles. The molecule has 0 bridgehead atoms. The first-order valence-corrected chi connectivity index (χ1v) is 5.82. The normalized spacial score (nSPS) is 12.5. The van der Waals surface area contributed by atoms with E-state index in [1.54, 1.807) is 0 Å². The molecule has 94 valence electrons. The Labute approximate surface area is 113 Å². The lowest BCUT2D eigenvalue weighted by Gasteiger charge is -2.14. The van der Waals surface area contributed by atoms with Gasteiger partial charge in [0.1, 0.15) is 17.7 Å². The van der Waals surface area contributed by atoms with E-state index in [1.807, 2.05) is 0 Å². The number of hydrogen-bond acceptors (Lipinski definition) is 1. The average Bonchev–Trinajstić information content (AvgIpc) is 2.31. The number of hydrogen-bond donors (Lipinski definition) is 1. The van der Waals surface area contributed by atoms with Crippen LogP contribution >= 0.6 is 23.2 Å². The molecule has 2 rings (SSSR count). The second-order valence-electron chi connectivity index (χ2n) is 3.73. The molecular formula is C13H8Cl2F2O. The Kier molecular flexibility index (Phi) is 3.85. The van der Waals surface area contributed by atoms with Crippen molar-refractivity contribution in [3.63, 3.8) is 0 Å². The quantitative estimate of drug-likeness (QED) is 0.871. The van der Waals surface area contributed by atoms with Crippen LogP contribution in [0.2, 0.25) is 10.0 Å². The molecular weight excluding hydrogens is 281 g/mol. The lowest BCUT2D eigenvalue weighted by molar-refractivity contribution is 0.214. The molecule has 0 radical (unpaired) electrons. The van der Waals surface area contributed by atoms with Gasteiger partial charge in [0.15, 0.2) is 0 Å². The molecule has 0 amide bonds. The maximum absolute atomic E-state index is 13.5. The van der Waals surface area contributed by atoms with Crippen molar-refractivity contribution in [2.75, 3.05) is 0 Å². The van der Waals surface area contributed by atoms with Crippen molar-refractivity contribution in [3.05, 3.63) is 69.2 Å². The van der Waals surface area contributed by atoms with Crippen LogP contribution in [-0.4, -0.2) is 5.11 Å². The van der Waals surface area contributed by atoms with Crippen LogP contribution in [0.3, 0.4) is 0 Å². The first-order valence-electron chi connectivity index (χ1n) is 5.07. The molecule has 1 N–H and O–H groups in total. The standard InChI is InChI=1S/C13H8Cl2F2O/c14-7-1-3-9(11(15)5-7)13(18)10-6-8(16)2-4-12(10)17/h1-6,13,18H. The molecule has 0 fully saturated rings. The lowest BCUT2D eigenvalue weighted by atomic mass is 10.0. The van der Waals surface area contributed by atoms with Crippen molar-refractivity contribution in [1.82, 2.24) is 0 Å². The Morgan fingerprint density at radius 2 is 1.67 bits per heavy atom. The third kappa shape index (κ3) is 2.64. The van der Waals surface area contributed by atoms with E-state index in [0.29, 0.717) is 5.02 Å². The summed E-state index contributed by atoms with van der Waals surface area (Å²) in [6.45, 7) is 0. The molecule has 1 nitrogen and oxygen atoms in total. The van der Waals surface area contributed by atoms with Gasteiger partial charge < -0.3 is 5.11 Å². The Balaban J connectivity index is 2.47. The minimum absolute atomic E-state index is 0.167. The molecule has 0 saturated carbocycles. The first-order chi connectivity index (χ1) is 8.49. The molecule has 0 aromatic heterocycles. The summed E-state index contributed by atoms with van der Waals surface area (Å²) in [6, 6.07) is 7.29. The summed E-state index contributed by atoms with van der Waals surface area (Å²) in [6.07, 6.45) is -1.34. The van der Waals surface area contributed by atoms with E-state index < -0.39 is 17.7 Å². The Hall–Kier alpha value is -1.16. The van der Waals surface area contributed by atoms with E-state index in [-0.39, 0.29) is 16.1 Å². The zero-order valence-corrected chi connectivity index (χ0v) is 10.5. The van der Waals surface area contributed by atoms with Crippen molar-refractivity contribution in [3.8, 4) is 0 Å². The van der Waals surface area contributed by atoms with Crippen molar-refractivity contribution in [1.29, 1.82) is 0 Å². The maximum Gasteiger partial charge on any atom is 0.129 e.